The fourth-order valence-electron chi connectivity index (χ4n) is 3.96. The number of hydrogen-bond donors (Lipinski definition) is 1. The number of nitrogens with zero attached hydrogens (tertiary/aromatic N) is 2. The summed E-state index contributed by atoms with van der Waals surface area (Å²) >= 11 is 12.5. The van der Waals surface area contributed by atoms with E-state index in [1.165, 1.54) is 4.90 Å². The Bertz CT molecular complexity index is 1340. The molecule has 0 aromatic heterocycles. The van der Waals surface area contributed by atoms with Crippen LogP contribution in [0.1, 0.15) is 24.5 Å². The van der Waals surface area contributed by atoms with Crippen molar-refractivity contribution in [2.24, 2.45) is 0 Å². The van der Waals surface area contributed by atoms with Crippen LogP contribution in [0.25, 0.3) is 0 Å². The lowest BCUT2D eigenvalue weighted by Gasteiger charge is -2.33. The van der Waals surface area contributed by atoms with Gasteiger partial charge in [-0.25, -0.2) is 8.42 Å². The van der Waals surface area contributed by atoms with Crippen molar-refractivity contribution in [2.45, 2.75) is 32.4 Å². The van der Waals surface area contributed by atoms with Crippen molar-refractivity contribution in [3.8, 4) is 0 Å². The first-order valence-electron chi connectivity index (χ1n) is 12.2. The minimum Gasteiger partial charge on any atom is -0.354 e. The van der Waals surface area contributed by atoms with E-state index in [-0.39, 0.29) is 18.9 Å². The number of carbonyl (C=O) groups is 2. The third-order valence-electron chi connectivity index (χ3n) is 5.90. The van der Waals surface area contributed by atoms with Crippen LogP contribution in [-0.2, 0) is 32.6 Å². The Kier molecular flexibility index (Phi) is 10.6. The van der Waals surface area contributed by atoms with Gasteiger partial charge in [-0.3, -0.25) is 13.9 Å². The number of para-hydroxylation sites is 1. The van der Waals surface area contributed by atoms with Crippen molar-refractivity contribution in [3.05, 3.63) is 100 Å². The zero-order valence-corrected chi connectivity index (χ0v) is 23.6. The quantitative estimate of drug-likeness (QED) is 0.332. The molecule has 0 bridgehead atoms. The number of anilines is 1. The second-order valence-electron chi connectivity index (χ2n) is 8.86. The number of sulfonamides is 1. The summed E-state index contributed by atoms with van der Waals surface area (Å²) in [5, 5.41) is 3.67. The molecule has 0 radical (unpaired) electrons. The van der Waals surface area contributed by atoms with Gasteiger partial charge in [-0.15, -0.1) is 0 Å². The normalized spacial score (nSPS) is 12.0. The van der Waals surface area contributed by atoms with E-state index in [9.17, 15) is 18.0 Å². The molecule has 1 N–H and O–H groups in total. The molecule has 7 nitrogen and oxygen atoms in total. The summed E-state index contributed by atoms with van der Waals surface area (Å²) in [6.45, 7) is 1.87. The SMILES string of the molecule is CCCNC(=O)C(Cc1ccccc1)N(Cc1ccc(Cl)cc1Cl)C(=O)CN(c1ccccc1)S(C)(=O)=O. The van der Waals surface area contributed by atoms with Gasteiger partial charge in [0.15, 0.2) is 0 Å². The van der Waals surface area contributed by atoms with Crippen molar-refractivity contribution in [1.29, 1.82) is 0 Å². The van der Waals surface area contributed by atoms with Crippen molar-refractivity contribution in [1.82, 2.24) is 10.2 Å². The van der Waals surface area contributed by atoms with Crippen LogP contribution in [0.2, 0.25) is 10.0 Å². The highest BCUT2D eigenvalue weighted by molar-refractivity contribution is 7.92. The van der Waals surface area contributed by atoms with Crippen LogP contribution in [0, 0.1) is 0 Å². The topological polar surface area (TPSA) is 86.8 Å². The number of benzene rings is 3. The van der Waals surface area contributed by atoms with E-state index in [2.05, 4.69) is 5.32 Å². The first-order chi connectivity index (χ1) is 18.1. The van der Waals surface area contributed by atoms with Gasteiger partial charge in [-0.2, -0.15) is 0 Å². The summed E-state index contributed by atoms with van der Waals surface area (Å²) in [6, 6.07) is 21.7. The van der Waals surface area contributed by atoms with Gasteiger partial charge in [0.2, 0.25) is 21.8 Å². The molecule has 0 spiro atoms. The molecule has 2 amide bonds. The Hall–Kier alpha value is -3.07. The fourth-order valence-corrected chi connectivity index (χ4v) is 5.28. The largest absolute Gasteiger partial charge is 0.354 e. The molecule has 0 aliphatic carbocycles. The van der Waals surface area contributed by atoms with Gasteiger partial charge >= 0.3 is 0 Å². The van der Waals surface area contributed by atoms with Crippen LogP contribution in [0.15, 0.2) is 78.9 Å². The highest BCUT2D eigenvalue weighted by Crippen LogP contribution is 2.25. The van der Waals surface area contributed by atoms with Gasteiger partial charge in [0.1, 0.15) is 12.6 Å². The molecule has 10 heteroatoms. The summed E-state index contributed by atoms with van der Waals surface area (Å²) in [5.41, 5.74) is 1.78. The molecule has 1 unspecified atom stereocenters. The molecule has 0 fully saturated rings. The summed E-state index contributed by atoms with van der Waals surface area (Å²) in [6.07, 6.45) is 2.00. The Morgan fingerprint density at radius 3 is 2.16 bits per heavy atom. The molecule has 0 aliphatic rings. The minimum atomic E-state index is -3.81. The Balaban J connectivity index is 2.05. The smallest absolute Gasteiger partial charge is 0.244 e. The monoisotopic (exact) mass is 575 g/mol. The Morgan fingerprint density at radius 2 is 1.58 bits per heavy atom. The van der Waals surface area contributed by atoms with Gasteiger partial charge < -0.3 is 10.2 Å². The number of nitrogens with one attached hydrogen (secondary N) is 1. The Morgan fingerprint density at radius 1 is 0.947 bits per heavy atom. The number of carbonyl (C=O) groups excluding carboxylic acids is 2. The van der Waals surface area contributed by atoms with Crippen molar-refractivity contribution in [2.75, 3.05) is 23.7 Å². The molecule has 38 heavy (non-hydrogen) atoms. The van der Waals surface area contributed by atoms with Gasteiger partial charge in [0.25, 0.3) is 0 Å². The summed E-state index contributed by atoms with van der Waals surface area (Å²) in [4.78, 5) is 28.8. The predicted octanol–water partition coefficient (Wildman–Crippen LogP) is 4.93. The number of hydrogen-bond acceptors (Lipinski definition) is 4. The van der Waals surface area contributed by atoms with E-state index in [1.54, 1.807) is 48.5 Å². The first kappa shape index (κ1) is 29.5. The molecular formula is C28H31Cl2N3O4S. The Labute approximate surface area is 234 Å². The highest BCUT2D eigenvalue weighted by Gasteiger charge is 2.33. The summed E-state index contributed by atoms with van der Waals surface area (Å²) in [5.74, 6) is -0.877. The van der Waals surface area contributed by atoms with E-state index in [4.69, 9.17) is 23.2 Å². The lowest BCUT2D eigenvalue weighted by molar-refractivity contribution is -0.140. The van der Waals surface area contributed by atoms with Gasteiger partial charge in [-0.05, 0) is 41.8 Å². The zero-order chi connectivity index (χ0) is 27.7. The van der Waals surface area contributed by atoms with Gasteiger partial charge in [0.05, 0.1) is 11.9 Å². The third-order valence-corrected chi connectivity index (χ3v) is 7.63. The van der Waals surface area contributed by atoms with Crippen LogP contribution in [0.4, 0.5) is 5.69 Å². The van der Waals surface area contributed by atoms with Crippen LogP contribution in [0.3, 0.4) is 0 Å². The van der Waals surface area contributed by atoms with E-state index in [0.717, 1.165) is 22.5 Å². The van der Waals surface area contributed by atoms with Gasteiger partial charge in [0, 0.05) is 29.6 Å². The van der Waals surface area contributed by atoms with Crippen molar-refractivity contribution >= 4 is 50.7 Å². The molecule has 0 aliphatic heterocycles. The maximum absolute atomic E-state index is 13.9. The van der Waals surface area contributed by atoms with Crippen LogP contribution in [0.5, 0.6) is 0 Å². The average molecular weight is 577 g/mol. The number of halogens is 2. The maximum atomic E-state index is 13.9. The predicted molar refractivity (Wildman–Crippen MR) is 153 cm³/mol. The summed E-state index contributed by atoms with van der Waals surface area (Å²) in [7, 11) is -3.81. The van der Waals surface area contributed by atoms with Crippen molar-refractivity contribution < 1.29 is 18.0 Å². The molecule has 0 saturated carbocycles. The second-order valence-corrected chi connectivity index (χ2v) is 11.6. The second kappa shape index (κ2) is 13.6. The minimum absolute atomic E-state index is 0.0156. The van der Waals surface area contributed by atoms with E-state index < -0.39 is 28.5 Å². The van der Waals surface area contributed by atoms with Crippen LogP contribution in [-0.4, -0.2) is 50.5 Å². The molecular weight excluding hydrogens is 545 g/mol. The molecule has 3 rings (SSSR count). The highest BCUT2D eigenvalue weighted by atomic mass is 35.5. The molecule has 3 aromatic rings. The fraction of sp³-hybridized carbons (Fsp3) is 0.286. The molecule has 3 aromatic carbocycles. The van der Waals surface area contributed by atoms with E-state index in [0.29, 0.717) is 27.8 Å². The zero-order valence-electron chi connectivity index (χ0n) is 21.3. The van der Waals surface area contributed by atoms with E-state index in [1.807, 2.05) is 37.3 Å². The average Bonchev–Trinajstić information content (AvgIpc) is 2.89. The first-order valence-corrected chi connectivity index (χ1v) is 14.8. The van der Waals surface area contributed by atoms with Gasteiger partial charge in [-0.1, -0.05) is 84.7 Å². The molecule has 0 heterocycles. The molecule has 0 saturated heterocycles. The molecule has 202 valence electrons. The number of rotatable bonds is 12. The van der Waals surface area contributed by atoms with Crippen LogP contribution < -0.4 is 9.62 Å². The molecule has 1 atom stereocenters. The standard InChI is InChI=1S/C28H31Cl2N3O4S/c1-3-16-31-28(35)26(17-21-10-6-4-7-11-21)32(19-22-14-15-23(29)18-25(22)30)27(34)20-33(38(2,36)37)24-12-8-5-9-13-24/h4-15,18,26H,3,16-17,19-20H2,1-2H3,(H,31,35). The third kappa shape index (κ3) is 8.21. The lowest BCUT2D eigenvalue weighted by atomic mass is 10.0. The van der Waals surface area contributed by atoms with Crippen LogP contribution >= 0.6 is 23.2 Å². The summed E-state index contributed by atoms with van der Waals surface area (Å²) < 4.78 is 26.5. The van der Waals surface area contributed by atoms with Crippen molar-refractivity contribution in [3.63, 3.8) is 0 Å². The number of amides is 2. The maximum Gasteiger partial charge on any atom is 0.244 e. The lowest BCUT2D eigenvalue weighted by Crippen LogP contribution is -2.53. The van der Waals surface area contributed by atoms with E-state index >= 15 is 0 Å².